The lowest BCUT2D eigenvalue weighted by molar-refractivity contribution is 0.304. The topological polar surface area (TPSA) is 9.23 Å². The van der Waals surface area contributed by atoms with Gasteiger partial charge in [0.15, 0.2) is 0 Å². The van der Waals surface area contributed by atoms with Crippen molar-refractivity contribution < 1.29 is 9.13 Å². The van der Waals surface area contributed by atoms with E-state index in [1.165, 1.54) is 17.7 Å². The van der Waals surface area contributed by atoms with Crippen molar-refractivity contribution in [2.24, 2.45) is 0 Å². The summed E-state index contributed by atoms with van der Waals surface area (Å²) < 4.78 is 18.8. The third-order valence-corrected chi connectivity index (χ3v) is 3.10. The van der Waals surface area contributed by atoms with Crippen LogP contribution in [0.4, 0.5) is 4.39 Å². The number of rotatable bonds is 3. The van der Waals surface area contributed by atoms with Gasteiger partial charge in [-0.3, -0.25) is 0 Å². The van der Waals surface area contributed by atoms with Crippen molar-refractivity contribution in [2.75, 3.05) is 0 Å². The van der Waals surface area contributed by atoms with E-state index in [2.05, 4.69) is 18.2 Å². The quantitative estimate of drug-likeness (QED) is 0.782. The minimum Gasteiger partial charge on any atom is -0.489 e. The molecule has 0 atom stereocenters. The van der Waals surface area contributed by atoms with Crippen molar-refractivity contribution in [3.8, 4) is 5.75 Å². The standard InChI is InChI=1S/C15H14ClFO/c1-10-3-4-11(2)12(7-10)9-18-13-5-6-14(16)15(17)8-13/h3-8H,9H2,1-2H3. The molecule has 0 aliphatic heterocycles. The zero-order valence-corrected chi connectivity index (χ0v) is 11.1. The maximum absolute atomic E-state index is 13.2. The van der Waals surface area contributed by atoms with E-state index in [1.54, 1.807) is 6.07 Å². The van der Waals surface area contributed by atoms with Crippen molar-refractivity contribution in [3.63, 3.8) is 0 Å². The number of hydrogen-bond acceptors (Lipinski definition) is 1. The Hall–Kier alpha value is -1.54. The molecule has 0 fully saturated rings. The van der Waals surface area contributed by atoms with Crippen LogP contribution in [0.15, 0.2) is 36.4 Å². The fraction of sp³-hybridized carbons (Fsp3) is 0.200. The van der Waals surface area contributed by atoms with Gasteiger partial charge < -0.3 is 4.74 Å². The van der Waals surface area contributed by atoms with Gasteiger partial charge in [0.1, 0.15) is 18.2 Å². The Balaban J connectivity index is 2.11. The normalized spacial score (nSPS) is 10.4. The third kappa shape index (κ3) is 3.02. The highest BCUT2D eigenvalue weighted by Crippen LogP contribution is 2.21. The molecule has 1 nitrogen and oxygen atoms in total. The van der Waals surface area contributed by atoms with Crippen molar-refractivity contribution in [1.29, 1.82) is 0 Å². The summed E-state index contributed by atoms with van der Waals surface area (Å²) in [6, 6.07) is 10.6. The molecular weight excluding hydrogens is 251 g/mol. The van der Waals surface area contributed by atoms with Gasteiger partial charge in [0.2, 0.25) is 0 Å². The van der Waals surface area contributed by atoms with Gasteiger partial charge in [-0.15, -0.1) is 0 Å². The molecule has 0 aliphatic carbocycles. The summed E-state index contributed by atoms with van der Waals surface area (Å²) in [6.45, 7) is 4.49. The first-order chi connectivity index (χ1) is 8.56. The summed E-state index contributed by atoms with van der Waals surface area (Å²) in [7, 11) is 0. The second-order valence-electron chi connectivity index (χ2n) is 4.29. The van der Waals surface area contributed by atoms with Crippen LogP contribution in [0, 0.1) is 19.7 Å². The molecule has 0 spiro atoms. The van der Waals surface area contributed by atoms with Crippen LogP contribution in [0.5, 0.6) is 5.75 Å². The first kappa shape index (κ1) is 12.9. The summed E-state index contributed by atoms with van der Waals surface area (Å²) in [5.41, 5.74) is 3.45. The first-order valence-electron chi connectivity index (χ1n) is 5.70. The minimum absolute atomic E-state index is 0.106. The molecule has 0 radical (unpaired) electrons. The van der Waals surface area contributed by atoms with Crippen LogP contribution in [0.1, 0.15) is 16.7 Å². The van der Waals surface area contributed by atoms with Crippen molar-refractivity contribution in [1.82, 2.24) is 0 Å². The Morgan fingerprint density at radius 2 is 1.89 bits per heavy atom. The van der Waals surface area contributed by atoms with E-state index in [-0.39, 0.29) is 5.02 Å². The Labute approximate surface area is 111 Å². The molecule has 0 aliphatic rings. The lowest BCUT2D eigenvalue weighted by Gasteiger charge is -2.10. The predicted molar refractivity (Wildman–Crippen MR) is 71.7 cm³/mol. The molecule has 0 unspecified atom stereocenters. The van der Waals surface area contributed by atoms with Crippen LogP contribution in [-0.2, 0) is 6.61 Å². The summed E-state index contributed by atoms with van der Waals surface area (Å²) in [5.74, 6) is 0.0212. The Morgan fingerprint density at radius 1 is 1.11 bits per heavy atom. The van der Waals surface area contributed by atoms with Gasteiger partial charge in [-0.1, -0.05) is 35.4 Å². The third-order valence-electron chi connectivity index (χ3n) is 2.79. The zero-order valence-electron chi connectivity index (χ0n) is 10.3. The maximum Gasteiger partial charge on any atom is 0.145 e. The number of aryl methyl sites for hydroxylation is 2. The molecule has 0 heterocycles. The number of benzene rings is 2. The van der Waals surface area contributed by atoms with Crippen LogP contribution < -0.4 is 4.74 Å². The van der Waals surface area contributed by atoms with E-state index in [4.69, 9.17) is 16.3 Å². The van der Waals surface area contributed by atoms with Crippen LogP contribution in [0.2, 0.25) is 5.02 Å². The van der Waals surface area contributed by atoms with Gasteiger partial charge >= 0.3 is 0 Å². The highest BCUT2D eigenvalue weighted by atomic mass is 35.5. The molecule has 3 heteroatoms. The molecule has 0 saturated heterocycles. The monoisotopic (exact) mass is 264 g/mol. The molecule has 0 bridgehead atoms. The first-order valence-corrected chi connectivity index (χ1v) is 6.08. The van der Waals surface area contributed by atoms with Gasteiger partial charge in [0.05, 0.1) is 5.02 Å². The molecule has 94 valence electrons. The fourth-order valence-corrected chi connectivity index (χ4v) is 1.80. The van der Waals surface area contributed by atoms with E-state index in [1.807, 2.05) is 13.8 Å². The number of halogens is 2. The van der Waals surface area contributed by atoms with Gasteiger partial charge in [0.25, 0.3) is 0 Å². The summed E-state index contributed by atoms with van der Waals surface area (Å²) in [4.78, 5) is 0. The molecule has 0 saturated carbocycles. The second kappa shape index (κ2) is 5.40. The molecule has 2 rings (SSSR count). The van der Waals surface area contributed by atoms with Crippen LogP contribution in [0.25, 0.3) is 0 Å². The Bertz CT molecular complexity index is 566. The van der Waals surface area contributed by atoms with Crippen molar-refractivity contribution >= 4 is 11.6 Å². The summed E-state index contributed by atoms with van der Waals surface area (Å²) in [6.07, 6.45) is 0. The molecule has 2 aromatic rings. The van der Waals surface area contributed by atoms with E-state index >= 15 is 0 Å². The molecular formula is C15H14ClFO. The van der Waals surface area contributed by atoms with E-state index in [0.29, 0.717) is 12.4 Å². The minimum atomic E-state index is -0.463. The average molecular weight is 265 g/mol. The zero-order chi connectivity index (χ0) is 13.1. The largest absolute Gasteiger partial charge is 0.489 e. The van der Waals surface area contributed by atoms with Crippen molar-refractivity contribution in [3.05, 3.63) is 63.9 Å². The smallest absolute Gasteiger partial charge is 0.145 e. The fourth-order valence-electron chi connectivity index (χ4n) is 1.68. The van der Waals surface area contributed by atoms with E-state index < -0.39 is 5.82 Å². The average Bonchev–Trinajstić information content (AvgIpc) is 2.34. The SMILES string of the molecule is Cc1ccc(C)c(COc2ccc(Cl)c(F)c2)c1. The maximum atomic E-state index is 13.2. The van der Waals surface area contributed by atoms with E-state index in [0.717, 1.165) is 11.1 Å². The van der Waals surface area contributed by atoms with Gasteiger partial charge in [-0.2, -0.15) is 0 Å². The van der Waals surface area contributed by atoms with Crippen LogP contribution in [0.3, 0.4) is 0 Å². The molecule has 0 N–H and O–H groups in total. The number of hydrogen-bond donors (Lipinski definition) is 0. The molecule has 18 heavy (non-hydrogen) atoms. The van der Waals surface area contributed by atoms with Crippen LogP contribution in [-0.4, -0.2) is 0 Å². The lowest BCUT2D eigenvalue weighted by atomic mass is 10.1. The van der Waals surface area contributed by atoms with Gasteiger partial charge in [0, 0.05) is 6.07 Å². The Kier molecular flexibility index (Phi) is 3.87. The number of ether oxygens (including phenoxy) is 1. The molecule has 2 aromatic carbocycles. The summed E-state index contributed by atoms with van der Waals surface area (Å²) in [5, 5.41) is 0.106. The van der Waals surface area contributed by atoms with Gasteiger partial charge in [-0.05, 0) is 37.1 Å². The highest BCUT2D eigenvalue weighted by molar-refractivity contribution is 6.30. The lowest BCUT2D eigenvalue weighted by Crippen LogP contribution is -1.98. The van der Waals surface area contributed by atoms with Crippen LogP contribution >= 0.6 is 11.6 Å². The predicted octanol–water partition coefficient (Wildman–Crippen LogP) is 4.67. The summed E-state index contributed by atoms with van der Waals surface area (Å²) >= 11 is 5.61. The Morgan fingerprint density at radius 3 is 2.61 bits per heavy atom. The second-order valence-corrected chi connectivity index (χ2v) is 4.70. The van der Waals surface area contributed by atoms with Crippen molar-refractivity contribution in [2.45, 2.75) is 20.5 Å². The highest BCUT2D eigenvalue weighted by Gasteiger charge is 2.04. The molecule has 0 amide bonds. The molecule has 0 aromatic heterocycles. The van der Waals surface area contributed by atoms with Gasteiger partial charge in [-0.25, -0.2) is 4.39 Å². The van der Waals surface area contributed by atoms with E-state index in [9.17, 15) is 4.39 Å².